The van der Waals surface area contributed by atoms with Crippen molar-refractivity contribution in [2.75, 3.05) is 5.32 Å². The van der Waals surface area contributed by atoms with E-state index in [1.54, 1.807) is 4.68 Å². The third kappa shape index (κ3) is 3.32. The van der Waals surface area contributed by atoms with Crippen molar-refractivity contribution >= 4 is 23.3 Å². The number of hydrogen-bond donors (Lipinski definition) is 1. The van der Waals surface area contributed by atoms with Gasteiger partial charge in [-0.1, -0.05) is 43.5 Å². The molecular formula is C18H21N5OS. The minimum Gasteiger partial charge on any atom is -0.305 e. The molecular weight excluding hydrogens is 334 g/mol. The molecule has 1 N–H and O–H groups in total. The van der Waals surface area contributed by atoms with E-state index in [0.717, 1.165) is 40.6 Å². The summed E-state index contributed by atoms with van der Waals surface area (Å²) in [6, 6.07) is 9.79. The lowest BCUT2D eigenvalue weighted by molar-refractivity contribution is 0.102. The Kier molecular flexibility index (Phi) is 4.94. The Morgan fingerprint density at radius 1 is 1.28 bits per heavy atom. The molecule has 0 saturated carbocycles. The quantitative estimate of drug-likeness (QED) is 0.751. The number of aromatic nitrogens is 4. The Balaban J connectivity index is 2.01. The number of anilines is 1. The standard InChI is InChI=1S/C18H21N5OS/c1-5-14-12(4)17(23(21-14)13-9-7-6-8-10-13)19-18(24)16-15(11(2)3)20-22-25-16/h6-11H,5H2,1-4H3,(H,19,24). The first kappa shape index (κ1) is 17.3. The van der Waals surface area contributed by atoms with Crippen molar-refractivity contribution in [1.29, 1.82) is 0 Å². The molecule has 0 bridgehead atoms. The van der Waals surface area contributed by atoms with E-state index >= 15 is 0 Å². The van der Waals surface area contributed by atoms with E-state index in [1.807, 2.05) is 51.1 Å². The Labute approximate surface area is 151 Å². The molecule has 1 amide bonds. The zero-order valence-electron chi connectivity index (χ0n) is 14.8. The largest absolute Gasteiger partial charge is 0.305 e. The number of amides is 1. The number of rotatable bonds is 5. The van der Waals surface area contributed by atoms with Crippen LogP contribution in [0.3, 0.4) is 0 Å². The van der Waals surface area contributed by atoms with Gasteiger partial charge >= 0.3 is 0 Å². The van der Waals surface area contributed by atoms with Crippen LogP contribution in [-0.2, 0) is 6.42 Å². The second-order valence-corrected chi connectivity index (χ2v) is 6.87. The van der Waals surface area contributed by atoms with Crippen LogP contribution in [0.15, 0.2) is 30.3 Å². The van der Waals surface area contributed by atoms with Crippen molar-refractivity contribution in [3.05, 3.63) is 52.2 Å². The summed E-state index contributed by atoms with van der Waals surface area (Å²) in [5.74, 6) is 0.642. The summed E-state index contributed by atoms with van der Waals surface area (Å²) in [6.07, 6.45) is 0.799. The van der Waals surface area contributed by atoms with E-state index in [4.69, 9.17) is 0 Å². The molecule has 0 radical (unpaired) electrons. The van der Waals surface area contributed by atoms with E-state index in [0.29, 0.717) is 10.7 Å². The Bertz CT molecular complexity index is 882. The molecule has 7 heteroatoms. The van der Waals surface area contributed by atoms with E-state index in [1.165, 1.54) is 0 Å². The average molecular weight is 355 g/mol. The van der Waals surface area contributed by atoms with E-state index in [2.05, 4.69) is 26.9 Å². The van der Waals surface area contributed by atoms with Gasteiger partial charge in [0, 0.05) is 5.56 Å². The molecule has 0 aliphatic heterocycles. The van der Waals surface area contributed by atoms with Gasteiger partial charge in [0.2, 0.25) is 0 Å². The van der Waals surface area contributed by atoms with Gasteiger partial charge in [-0.3, -0.25) is 4.79 Å². The maximum Gasteiger partial charge on any atom is 0.270 e. The molecule has 3 aromatic rings. The Morgan fingerprint density at radius 3 is 2.64 bits per heavy atom. The molecule has 0 aliphatic carbocycles. The average Bonchev–Trinajstić information content (AvgIpc) is 3.22. The number of benzene rings is 1. The predicted molar refractivity (Wildman–Crippen MR) is 99.6 cm³/mol. The fourth-order valence-corrected chi connectivity index (χ4v) is 3.39. The van der Waals surface area contributed by atoms with E-state index in [9.17, 15) is 4.79 Å². The number of hydrogen-bond acceptors (Lipinski definition) is 5. The summed E-state index contributed by atoms with van der Waals surface area (Å²) < 4.78 is 5.73. The summed E-state index contributed by atoms with van der Waals surface area (Å²) >= 11 is 1.12. The first-order chi connectivity index (χ1) is 12.0. The van der Waals surface area contributed by atoms with Gasteiger partial charge in [0.15, 0.2) is 0 Å². The van der Waals surface area contributed by atoms with Gasteiger partial charge in [-0.25, -0.2) is 4.68 Å². The molecule has 0 atom stereocenters. The fraction of sp³-hybridized carbons (Fsp3) is 0.333. The van der Waals surface area contributed by atoms with Crippen LogP contribution in [0.2, 0.25) is 0 Å². The van der Waals surface area contributed by atoms with Gasteiger partial charge in [0.05, 0.1) is 17.1 Å². The number of carbonyl (C=O) groups is 1. The van der Waals surface area contributed by atoms with Gasteiger partial charge in [0.25, 0.3) is 5.91 Å². The first-order valence-electron chi connectivity index (χ1n) is 8.30. The van der Waals surface area contributed by atoms with Crippen LogP contribution in [0.4, 0.5) is 5.82 Å². The minimum atomic E-state index is -0.193. The highest BCUT2D eigenvalue weighted by Gasteiger charge is 2.22. The van der Waals surface area contributed by atoms with Crippen molar-refractivity contribution in [1.82, 2.24) is 19.4 Å². The number of para-hydroxylation sites is 1. The molecule has 0 spiro atoms. The van der Waals surface area contributed by atoms with Gasteiger partial charge in [-0.05, 0) is 42.9 Å². The lowest BCUT2D eigenvalue weighted by atomic mass is 10.1. The fourth-order valence-electron chi connectivity index (χ4n) is 2.68. The molecule has 2 aromatic heterocycles. The third-order valence-electron chi connectivity index (χ3n) is 4.05. The zero-order valence-corrected chi connectivity index (χ0v) is 15.6. The molecule has 0 aliphatic rings. The van der Waals surface area contributed by atoms with Crippen LogP contribution < -0.4 is 5.32 Å². The second kappa shape index (κ2) is 7.14. The molecule has 130 valence electrons. The summed E-state index contributed by atoms with van der Waals surface area (Å²) in [5, 5.41) is 11.8. The van der Waals surface area contributed by atoms with Crippen LogP contribution in [0.5, 0.6) is 0 Å². The SMILES string of the molecule is CCc1nn(-c2ccccc2)c(NC(=O)c2snnc2C(C)C)c1C. The minimum absolute atomic E-state index is 0.144. The lowest BCUT2D eigenvalue weighted by Crippen LogP contribution is -2.16. The molecule has 3 rings (SSSR count). The monoisotopic (exact) mass is 355 g/mol. The van der Waals surface area contributed by atoms with Gasteiger partial charge < -0.3 is 5.32 Å². The van der Waals surface area contributed by atoms with Gasteiger partial charge in [-0.2, -0.15) is 5.10 Å². The smallest absolute Gasteiger partial charge is 0.270 e. The zero-order chi connectivity index (χ0) is 18.0. The highest BCUT2D eigenvalue weighted by Crippen LogP contribution is 2.26. The Morgan fingerprint density at radius 2 is 2.00 bits per heavy atom. The molecule has 6 nitrogen and oxygen atoms in total. The molecule has 0 fully saturated rings. The maximum absolute atomic E-state index is 12.8. The van der Waals surface area contributed by atoms with Crippen LogP contribution in [0.25, 0.3) is 5.69 Å². The summed E-state index contributed by atoms with van der Waals surface area (Å²) in [6.45, 7) is 8.04. The maximum atomic E-state index is 12.8. The Hall–Kier alpha value is -2.54. The number of aryl methyl sites for hydroxylation is 1. The van der Waals surface area contributed by atoms with Gasteiger partial charge in [0.1, 0.15) is 10.7 Å². The summed E-state index contributed by atoms with van der Waals surface area (Å²) in [7, 11) is 0. The molecule has 1 aromatic carbocycles. The summed E-state index contributed by atoms with van der Waals surface area (Å²) in [4.78, 5) is 13.4. The van der Waals surface area contributed by atoms with Crippen LogP contribution in [0.1, 0.15) is 53.3 Å². The van der Waals surface area contributed by atoms with Crippen molar-refractivity contribution in [2.24, 2.45) is 0 Å². The van der Waals surface area contributed by atoms with Crippen molar-refractivity contribution in [2.45, 2.75) is 40.0 Å². The number of nitrogens with zero attached hydrogens (tertiary/aromatic N) is 4. The molecule has 0 saturated heterocycles. The van der Waals surface area contributed by atoms with Gasteiger partial charge in [-0.15, -0.1) is 5.10 Å². The topological polar surface area (TPSA) is 72.7 Å². The second-order valence-electron chi connectivity index (χ2n) is 6.12. The number of carbonyl (C=O) groups excluding carboxylic acids is 1. The predicted octanol–water partition coefficient (Wildman–Crippen LogP) is 3.97. The van der Waals surface area contributed by atoms with Crippen molar-refractivity contribution in [3.8, 4) is 5.69 Å². The number of nitrogens with one attached hydrogen (secondary N) is 1. The third-order valence-corrected chi connectivity index (χ3v) is 4.79. The van der Waals surface area contributed by atoms with Crippen LogP contribution >= 0.6 is 11.5 Å². The van der Waals surface area contributed by atoms with Crippen molar-refractivity contribution < 1.29 is 4.79 Å². The highest BCUT2D eigenvalue weighted by atomic mass is 32.1. The van der Waals surface area contributed by atoms with Crippen molar-refractivity contribution in [3.63, 3.8) is 0 Å². The first-order valence-corrected chi connectivity index (χ1v) is 9.07. The lowest BCUT2D eigenvalue weighted by Gasteiger charge is -2.10. The summed E-state index contributed by atoms with van der Waals surface area (Å²) in [5.41, 5.74) is 3.57. The normalized spacial score (nSPS) is 11.1. The molecule has 2 heterocycles. The van der Waals surface area contributed by atoms with Crippen LogP contribution in [-0.4, -0.2) is 25.3 Å². The highest BCUT2D eigenvalue weighted by molar-refractivity contribution is 7.08. The van der Waals surface area contributed by atoms with E-state index < -0.39 is 0 Å². The van der Waals surface area contributed by atoms with E-state index in [-0.39, 0.29) is 11.8 Å². The molecule has 25 heavy (non-hydrogen) atoms. The molecule has 0 unspecified atom stereocenters. The van der Waals surface area contributed by atoms with Crippen LogP contribution in [0, 0.1) is 6.92 Å².